The number of likely N-dealkylation sites (N-methyl/N-ethyl adjacent to an activating group) is 1. The number of carbonyl (C=O) groups is 2. The van der Waals surface area contributed by atoms with Crippen LogP contribution in [0.25, 0.3) is 10.8 Å². The number of amides is 3. The van der Waals surface area contributed by atoms with Crippen LogP contribution in [0.1, 0.15) is 11.1 Å². The van der Waals surface area contributed by atoms with Crippen LogP contribution in [0.15, 0.2) is 66.7 Å². The van der Waals surface area contributed by atoms with Crippen LogP contribution in [0.4, 0.5) is 9.18 Å². The summed E-state index contributed by atoms with van der Waals surface area (Å²) in [6.07, 6.45) is 0. The second-order valence-corrected chi connectivity index (χ2v) is 6.59. The number of nitrogens with one attached hydrogen (secondary N) is 2. The lowest BCUT2D eigenvalue weighted by atomic mass is 10.1. The van der Waals surface area contributed by atoms with E-state index in [1.54, 1.807) is 24.1 Å². The Hall–Kier alpha value is -3.41. The minimum atomic E-state index is -0.447. The monoisotopic (exact) mass is 379 g/mol. The molecule has 3 amide bonds. The van der Waals surface area contributed by atoms with Gasteiger partial charge in [-0.1, -0.05) is 48.5 Å². The van der Waals surface area contributed by atoms with Gasteiger partial charge in [0.2, 0.25) is 5.91 Å². The van der Waals surface area contributed by atoms with Crippen LogP contribution in [0, 0.1) is 5.82 Å². The smallest absolute Gasteiger partial charge is 0.315 e. The standard InChI is InChI=1S/C22H22FN3O2/c1-26(15-17-6-9-18-4-2-3-5-19(18)12-17)21(27)14-25-22(28)24-13-16-7-10-20(23)11-8-16/h2-12H,13-15H2,1H3,(H2,24,25,28). The molecule has 0 unspecified atom stereocenters. The summed E-state index contributed by atoms with van der Waals surface area (Å²) in [5.74, 6) is -0.515. The lowest BCUT2D eigenvalue weighted by Gasteiger charge is -2.18. The molecule has 0 saturated heterocycles. The first kappa shape index (κ1) is 19.4. The van der Waals surface area contributed by atoms with E-state index >= 15 is 0 Å². The van der Waals surface area contributed by atoms with Gasteiger partial charge in [-0.25, -0.2) is 9.18 Å². The van der Waals surface area contributed by atoms with Gasteiger partial charge in [0.05, 0.1) is 6.54 Å². The molecule has 0 atom stereocenters. The van der Waals surface area contributed by atoms with Crippen molar-refractivity contribution in [2.75, 3.05) is 13.6 Å². The number of fused-ring (bicyclic) bond motifs is 1. The number of urea groups is 1. The highest BCUT2D eigenvalue weighted by molar-refractivity contribution is 5.85. The molecule has 144 valence electrons. The summed E-state index contributed by atoms with van der Waals surface area (Å²) in [5.41, 5.74) is 1.80. The maximum absolute atomic E-state index is 12.9. The van der Waals surface area contributed by atoms with Crippen molar-refractivity contribution in [3.05, 3.63) is 83.7 Å². The van der Waals surface area contributed by atoms with Crippen LogP contribution in [0.3, 0.4) is 0 Å². The van der Waals surface area contributed by atoms with Gasteiger partial charge in [-0.2, -0.15) is 0 Å². The maximum atomic E-state index is 12.9. The summed E-state index contributed by atoms with van der Waals surface area (Å²) >= 11 is 0. The molecule has 0 aliphatic rings. The van der Waals surface area contributed by atoms with Crippen LogP contribution in [0.2, 0.25) is 0 Å². The summed E-state index contributed by atoms with van der Waals surface area (Å²) in [4.78, 5) is 25.7. The van der Waals surface area contributed by atoms with E-state index < -0.39 is 6.03 Å². The van der Waals surface area contributed by atoms with E-state index in [-0.39, 0.29) is 24.8 Å². The summed E-state index contributed by atoms with van der Waals surface area (Å²) < 4.78 is 12.9. The molecule has 2 N–H and O–H groups in total. The minimum Gasteiger partial charge on any atom is -0.340 e. The molecule has 28 heavy (non-hydrogen) atoms. The number of nitrogens with zero attached hydrogens (tertiary/aromatic N) is 1. The van der Waals surface area contributed by atoms with Gasteiger partial charge in [0.25, 0.3) is 0 Å². The summed E-state index contributed by atoms with van der Waals surface area (Å²) in [6, 6.07) is 19.5. The van der Waals surface area contributed by atoms with Crippen LogP contribution in [-0.4, -0.2) is 30.4 Å². The van der Waals surface area contributed by atoms with Crippen molar-refractivity contribution in [1.82, 2.24) is 15.5 Å². The maximum Gasteiger partial charge on any atom is 0.315 e. The van der Waals surface area contributed by atoms with E-state index in [0.29, 0.717) is 6.54 Å². The molecule has 0 aromatic heterocycles. The Labute approximate surface area is 163 Å². The molecule has 0 saturated carbocycles. The van der Waals surface area contributed by atoms with Gasteiger partial charge in [0, 0.05) is 20.1 Å². The molecule has 3 rings (SSSR count). The molecule has 0 fully saturated rings. The molecule has 6 heteroatoms. The molecule has 3 aromatic rings. The van der Waals surface area contributed by atoms with Gasteiger partial charge in [-0.15, -0.1) is 0 Å². The van der Waals surface area contributed by atoms with Crippen molar-refractivity contribution in [2.24, 2.45) is 0 Å². The molecule has 0 bridgehead atoms. The topological polar surface area (TPSA) is 61.4 Å². The largest absolute Gasteiger partial charge is 0.340 e. The Morgan fingerprint density at radius 3 is 2.32 bits per heavy atom. The predicted octanol–water partition coefficient (Wildman–Crippen LogP) is 3.44. The van der Waals surface area contributed by atoms with Crippen molar-refractivity contribution in [3.8, 4) is 0 Å². The fourth-order valence-electron chi connectivity index (χ4n) is 2.84. The van der Waals surface area contributed by atoms with Crippen molar-refractivity contribution in [2.45, 2.75) is 13.1 Å². The molecule has 3 aromatic carbocycles. The molecular weight excluding hydrogens is 357 g/mol. The first-order chi connectivity index (χ1) is 13.5. The number of hydrogen-bond donors (Lipinski definition) is 2. The van der Waals surface area contributed by atoms with Crippen molar-refractivity contribution in [1.29, 1.82) is 0 Å². The summed E-state index contributed by atoms with van der Waals surface area (Å²) in [5, 5.41) is 7.46. The van der Waals surface area contributed by atoms with Crippen LogP contribution in [0.5, 0.6) is 0 Å². The number of carbonyl (C=O) groups excluding carboxylic acids is 2. The fraction of sp³-hybridized carbons (Fsp3) is 0.182. The number of benzene rings is 3. The predicted molar refractivity (Wildman–Crippen MR) is 107 cm³/mol. The van der Waals surface area contributed by atoms with Gasteiger partial charge < -0.3 is 15.5 Å². The van der Waals surface area contributed by atoms with E-state index in [9.17, 15) is 14.0 Å². The third-order valence-electron chi connectivity index (χ3n) is 4.43. The normalized spacial score (nSPS) is 10.5. The quantitative estimate of drug-likeness (QED) is 0.689. The Bertz CT molecular complexity index is 973. The molecule has 5 nitrogen and oxygen atoms in total. The van der Waals surface area contributed by atoms with E-state index in [4.69, 9.17) is 0 Å². The van der Waals surface area contributed by atoms with E-state index in [1.807, 2.05) is 36.4 Å². The highest BCUT2D eigenvalue weighted by Crippen LogP contribution is 2.16. The zero-order chi connectivity index (χ0) is 19.9. The van der Waals surface area contributed by atoms with Crippen LogP contribution in [-0.2, 0) is 17.9 Å². The Balaban J connectivity index is 1.45. The average Bonchev–Trinajstić information content (AvgIpc) is 2.71. The second-order valence-electron chi connectivity index (χ2n) is 6.59. The molecule has 0 aliphatic heterocycles. The lowest BCUT2D eigenvalue weighted by Crippen LogP contribution is -2.42. The second kappa shape index (κ2) is 8.99. The molecule has 0 aliphatic carbocycles. The molecule has 0 heterocycles. The van der Waals surface area contributed by atoms with E-state index in [2.05, 4.69) is 16.7 Å². The molecular formula is C22H22FN3O2. The van der Waals surface area contributed by atoms with Gasteiger partial charge in [0.1, 0.15) is 5.82 Å². The Morgan fingerprint density at radius 2 is 1.57 bits per heavy atom. The average molecular weight is 379 g/mol. The number of halogens is 1. The van der Waals surface area contributed by atoms with Crippen LogP contribution >= 0.6 is 0 Å². The summed E-state index contributed by atoms with van der Waals surface area (Å²) in [7, 11) is 1.70. The molecule has 0 radical (unpaired) electrons. The highest BCUT2D eigenvalue weighted by atomic mass is 19.1. The zero-order valence-electron chi connectivity index (χ0n) is 15.6. The Morgan fingerprint density at radius 1 is 0.893 bits per heavy atom. The highest BCUT2D eigenvalue weighted by Gasteiger charge is 2.11. The third-order valence-corrected chi connectivity index (χ3v) is 4.43. The van der Waals surface area contributed by atoms with E-state index in [1.165, 1.54) is 12.1 Å². The van der Waals surface area contributed by atoms with Crippen molar-refractivity contribution >= 4 is 22.7 Å². The van der Waals surface area contributed by atoms with Crippen molar-refractivity contribution < 1.29 is 14.0 Å². The fourth-order valence-corrected chi connectivity index (χ4v) is 2.84. The lowest BCUT2D eigenvalue weighted by molar-refractivity contribution is -0.129. The molecule has 0 spiro atoms. The first-order valence-electron chi connectivity index (χ1n) is 8.99. The SMILES string of the molecule is CN(Cc1ccc2ccccc2c1)C(=O)CNC(=O)NCc1ccc(F)cc1. The van der Waals surface area contributed by atoms with Gasteiger partial charge >= 0.3 is 6.03 Å². The number of rotatable bonds is 6. The van der Waals surface area contributed by atoms with Gasteiger partial charge in [0.15, 0.2) is 0 Å². The zero-order valence-corrected chi connectivity index (χ0v) is 15.6. The van der Waals surface area contributed by atoms with Gasteiger partial charge in [-0.05, 0) is 40.1 Å². The first-order valence-corrected chi connectivity index (χ1v) is 8.99. The number of hydrogen-bond acceptors (Lipinski definition) is 2. The summed E-state index contributed by atoms with van der Waals surface area (Å²) in [6.45, 7) is 0.620. The third kappa shape index (κ3) is 5.30. The Kier molecular flexibility index (Phi) is 6.22. The minimum absolute atomic E-state index is 0.0979. The van der Waals surface area contributed by atoms with E-state index in [0.717, 1.165) is 21.9 Å². The van der Waals surface area contributed by atoms with Gasteiger partial charge in [-0.3, -0.25) is 4.79 Å². The van der Waals surface area contributed by atoms with Crippen molar-refractivity contribution in [3.63, 3.8) is 0 Å². The van der Waals surface area contributed by atoms with Crippen LogP contribution < -0.4 is 10.6 Å².